The zero-order valence-electron chi connectivity index (χ0n) is 25.6. The molecule has 1 saturated heterocycles. The minimum atomic E-state index is -0.510. The van der Waals surface area contributed by atoms with Crippen LogP contribution in [0.1, 0.15) is 86.0 Å². The highest BCUT2D eigenvalue weighted by molar-refractivity contribution is 5.97. The standard InChI is InChI=1S/C33H46N4O4/c1-7-37(25-14-16-36(17-15-25)32(39)41-33(3,4)5)29-22-34-20-28-26(29)13-11-9-8-10-12-24-18-23(2)19-30(40-6)27(24)21-35-31(28)38/h9,11,18-20,22,25H,7-8,10,12-17,21H2,1-6H3,(H,35,38)/b11-9-. The van der Waals surface area contributed by atoms with E-state index in [1.807, 2.05) is 33.0 Å². The maximum atomic E-state index is 13.7. The second-order valence-electron chi connectivity index (χ2n) is 12.0. The van der Waals surface area contributed by atoms with Gasteiger partial charge in [0.2, 0.25) is 0 Å². The van der Waals surface area contributed by atoms with Gasteiger partial charge in [-0.2, -0.15) is 0 Å². The van der Waals surface area contributed by atoms with Gasteiger partial charge in [-0.1, -0.05) is 18.2 Å². The van der Waals surface area contributed by atoms with Gasteiger partial charge in [-0.25, -0.2) is 4.79 Å². The summed E-state index contributed by atoms with van der Waals surface area (Å²) in [5.74, 6) is 0.680. The molecule has 1 fully saturated rings. The highest BCUT2D eigenvalue weighted by Gasteiger charge is 2.31. The van der Waals surface area contributed by atoms with Gasteiger partial charge in [0, 0.05) is 44.0 Å². The van der Waals surface area contributed by atoms with E-state index >= 15 is 0 Å². The average Bonchev–Trinajstić information content (AvgIpc) is 2.94. The summed E-state index contributed by atoms with van der Waals surface area (Å²) >= 11 is 0. The van der Waals surface area contributed by atoms with Crippen LogP contribution in [0.4, 0.5) is 10.5 Å². The number of allylic oxidation sites excluding steroid dienone is 2. The topological polar surface area (TPSA) is 84.0 Å². The van der Waals surface area contributed by atoms with E-state index in [0.29, 0.717) is 31.6 Å². The Hall–Kier alpha value is -3.55. The lowest BCUT2D eigenvalue weighted by Gasteiger charge is -2.40. The molecule has 4 rings (SSSR count). The minimum absolute atomic E-state index is 0.133. The van der Waals surface area contributed by atoms with Gasteiger partial charge in [0.1, 0.15) is 11.4 Å². The Morgan fingerprint density at radius 2 is 1.90 bits per heavy atom. The van der Waals surface area contributed by atoms with Gasteiger partial charge in [0.05, 0.1) is 24.6 Å². The number of aromatic nitrogens is 1. The summed E-state index contributed by atoms with van der Waals surface area (Å²) in [5, 5.41) is 3.17. The molecule has 1 N–H and O–H groups in total. The Morgan fingerprint density at radius 3 is 2.59 bits per heavy atom. The van der Waals surface area contributed by atoms with Crippen molar-refractivity contribution in [3.8, 4) is 5.75 Å². The molecule has 0 unspecified atom stereocenters. The van der Waals surface area contributed by atoms with Crippen molar-refractivity contribution in [1.29, 1.82) is 0 Å². The molecule has 1 aromatic heterocycles. The van der Waals surface area contributed by atoms with E-state index in [9.17, 15) is 9.59 Å². The second-order valence-corrected chi connectivity index (χ2v) is 12.0. The summed E-state index contributed by atoms with van der Waals surface area (Å²) in [4.78, 5) is 35.0. The first-order valence-corrected chi connectivity index (χ1v) is 14.9. The molecule has 8 nitrogen and oxygen atoms in total. The number of aryl methyl sites for hydroxylation is 2. The van der Waals surface area contributed by atoms with Crippen molar-refractivity contribution >= 4 is 17.7 Å². The smallest absolute Gasteiger partial charge is 0.410 e. The molecular weight excluding hydrogens is 516 g/mol. The highest BCUT2D eigenvalue weighted by Crippen LogP contribution is 2.31. The lowest BCUT2D eigenvalue weighted by molar-refractivity contribution is 0.0204. The predicted molar refractivity (Wildman–Crippen MR) is 163 cm³/mol. The first-order valence-electron chi connectivity index (χ1n) is 14.9. The van der Waals surface area contributed by atoms with Crippen molar-refractivity contribution in [3.63, 3.8) is 0 Å². The van der Waals surface area contributed by atoms with Crippen LogP contribution in [-0.2, 0) is 24.1 Å². The number of hydrogen-bond donors (Lipinski definition) is 1. The number of rotatable bonds is 4. The summed E-state index contributed by atoms with van der Waals surface area (Å²) in [6, 6.07) is 4.47. The van der Waals surface area contributed by atoms with Crippen molar-refractivity contribution in [2.24, 2.45) is 0 Å². The molecule has 2 aromatic rings. The summed E-state index contributed by atoms with van der Waals surface area (Å²) in [7, 11) is 1.68. The first-order chi connectivity index (χ1) is 19.6. The highest BCUT2D eigenvalue weighted by atomic mass is 16.6. The normalized spacial score (nSPS) is 17.6. The van der Waals surface area contributed by atoms with Crippen LogP contribution in [-0.4, -0.2) is 60.3 Å². The molecule has 8 heteroatoms. The van der Waals surface area contributed by atoms with E-state index in [2.05, 4.69) is 47.3 Å². The van der Waals surface area contributed by atoms with Crippen LogP contribution in [0.3, 0.4) is 0 Å². The van der Waals surface area contributed by atoms with Crippen molar-refractivity contribution < 1.29 is 19.1 Å². The van der Waals surface area contributed by atoms with Gasteiger partial charge in [-0.15, -0.1) is 0 Å². The van der Waals surface area contributed by atoms with Gasteiger partial charge in [-0.05, 0) is 95.9 Å². The van der Waals surface area contributed by atoms with Crippen molar-refractivity contribution in [1.82, 2.24) is 15.2 Å². The van der Waals surface area contributed by atoms with Crippen LogP contribution >= 0.6 is 0 Å². The average molecular weight is 563 g/mol. The molecule has 0 saturated carbocycles. The number of amides is 2. The van der Waals surface area contributed by atoms with Crippen molar-refractivity contribution in [3.05, 3.63) is 64.5 Å². The predicted octanol–water partition coefficient (Wildman–Crippen LogP) is 5.99. The SMILES string of the molecule is CCN(c1cncc2c1C/C=C\CCCc1cc(C)cc(OC)c1CNC2=O)C1CCN(C(=O)OC(C)(C)C)CC1. The number of pyridine rings is 1. The second kappa shape index (κ2) is 13.4. The minimum Gasteiger partial charge on any atom is -0.496 e. The van der Waals surface area contributed by atoms with Crippen LogP contribution in [0, 0.1) is 6.92 Å². The van der Waals surface area contributed by atoms with Gasteiger partial charge < -0.3 is 24.6 Å². The molecule has 1 aromatic carbocycles. The molecule has 0 aliphatic carbocycles. The first kappa shape index (κ1) is 30.4. The fourth-order valence-electron chi connectivity index (χ4n) is 5.90. The Balaban J connectivity index is 1.59. The molecule has 0 spiro atoms. The number of fused-ring (bicyclic) bond motifs is 2. The molecule has 0 atom stereocenters. The van der Waals surface area contributed by atoms with E-state index in [-0.39, 0.29) is 18.0 Å². The van der Waals surface area contributed by atoms with Crippen LogP contribution in [0.2, 0.25) is 0 Å². The maximum Gasteiger partial charge on any atom is 0.410 e. The maximum absolute atomic E-state index is 13.7. The van der Waals surface area contributed by atoms with E-state index in [1.54, 1.807) is 18.2 Å². The number of nitrogens with one attached hydrogen (secondary N) is 1. The Labute approximate surface area is 245 Å². The van der Waals surface area contributed by atoms with Crippen molar-refractivity contribution in [2.75, 3.05) is 31.6 Å². The summed E-state index contributed by atoms with van der Waals surface area (Å²) in [5.41, 5.74) is 5.48. The van der Waals surface area contributed by atoms with E-state index in [4.69, 9.17) is 9.47 Å². The molecule has 0 radical (unpaired) electrons. The quantitative estimate of drug-likeness (QED) is 0.461. The Morgan fingerprint density at radius 1 is 1.15 bits per heavy atom. The van der Waals surface area contributed by atoms with Gasteiger partial charge >= 0.3 is 6.09 Å². The van der Waals surface area contributed by atoms with E-state index < -0.39 is 5.60 Å². The zero-order valence-corrected chi connectivity index (χ0v) is 25.6. The number of carbonyl (C=O) groups is 2. The number of methoxy groups -OCH3 is 1. The molecule has 3 heterocycles. The third-order valence-electron chi connectivity index (χ3n) is 7.88. The fourth-order valence-corrected chi connectivity index (χ4v) is 5.90. The monoisotopic (exact) mass is 562 g/mol. The third-order valence-corrected chi connectivity index (χ3v) is 7.88. The molecule has 222 valence electrons. The van der Waals surface area contributed by atoms with Gasteiger partial charge in [-0.3, -0.25) is 9.78 Å². The Kier molecular flexibility index (Phi) is 9.94. The molecule has 41 heavy (non-hydrogen) atoms. The van der Waals surface area contributed by atoms with Crippen LogP contribution < -0.4 is 15.0 Å². The molecule has 2 aliphatic heterocycles. The molecule has 2 amide bonds. The van der Waals surface area contributed by atoms with Gasteiger partial charge in [0.15, 0.2) is 0 Å². The molecule has 0 bridgehead atoms. The number of benzene rings is 1. The molecule has 2 aliphatic rings. The number of piperidine rings is 1. The lowest BCUT2D eigenvalue weighted by Crippen LogP contribution is -2.48. The summed E-state index contributed by atoms with van der Waals surface area (Å²) in [6.07, 6.45) is 13.0. The van der Waals surface area contributed by atoms with Crippen molar-refractivity contribution in [2.45, 2.75) is 91.3 Å². The fraction of sp³-hybridized carbons (Fsp3) is 0.545. The number of carbonyl (C=O) groups excluding carboxylic acids is 2. The number of anilines is 1. The number of nitrogens with zero attached hydrogens (tertiary/aromatic N) is 3. The molecular formula is C33H46N4O4. The van der Waals surface area contributed by atoms with Crippen LogP contribution in [0.25, 0.3) is 0 Å². The number of likely N-dealkylation sites (tertiary alicyclic amines) is 1. The van der Waals surface area contributed by atoms with E-state index in [1.165, 1.54) is 5.56 Å². The third kappa shape index (κ3) is 7.60. The van der Waals surface area contributed by atoms with Gasteiger partial charge in [0.25, 0.3) is 5.91 Å². The lowest BCUT2D eigenvalue weighted by atomic mass is 9.98. The largest absolute Gasteiger partial charge is 0.496 e. The summed E-state index contributed by atoms with van der Waals surface area (Å²) < 4.78 is 11.3. The van der Waals surface area contributed by atoms with Crippen LogP contribution in [0.5, 0.6) is 5.75 Å². The van der Waals surface area contributed by atoms with E-state index in [0.717, 1.165) is 66.8 Å². The number of hydrogen-bond acceptors (Lipinski definition) is 6. The summed E-state index contributed by atoms with van der Waals surface area (Å²) in [6.45, 7) is 12.3. The Bertz CT molecular complexity index is 1260. The zero-order chi connectivity index (χ0) is 29.6. The number of ether oxygens (including phenoxy) is 2. The van der Waals surface area contributed by atoms with Crippen LogP contribution in [0.15, 0.2) is 36.7 Å².